The fraction of sp³-hybridized carbons (Fsp3) is 0.800. The highest BCUT2D eigenvalue weighted by Crippen LogP contribution is 2.02. The van der Waals surface area contributed by atoms with Crippen molar-refractivity contribution in [3.05, 3.63) is 0 Å². The lowest BCUT2D eigenvalue weighted by Crippen LogP contribution is -2.47. The van der Waals surface area contributed by atoms with Crippen molar-refractivity contribution >= 4 is 28.5 Å². The van der Waals surface area contributed by atoms with Crippen LogP contribution in [0.15, 0.2) is 0 Å². The van der Waals surface area contributed by atoms with Crippen molar-refractivity contribution in [2.24, 2.45) is 11.5 Å². The second-order valence-corrected chi connectivity index (χ2v) is 4.39. The van der Waals surface area contributed by atoms with Crippen molar-refractivity contribution < 1.29 is 17.8 Å². The fourth-order valence-electron chi connectivity index (χ4n) is 0.713. The summed E-state index contributed by atoms with van der Waals surface area (Å²) in [5.74, 6) is -0.815. The van der Waals surface area contributed by atoms with Gasteiger partial charge in [0.2, 0.25) is 0 Å². The number of ketones is 1. The topological polar surface area (TPSA) is 123 Å². The van der Waals surface area contributed by atoms with Crippen LogP contribution in [0, 0.1) is 0 Å². The van der Waals surface area contributed by atoms with E-state index < -0.39 is 33.7 Å². The van der Waals surface area contributed by atoms with E-state index in [0.717, 1.165) is 0 Å². The third kappa shape index (κ3) is 3.61. The zero-order valence-corrected chi connectivity index (χ0v) is 8.46. The zero-order valence-electron chi connectivity index (χ0n) is 6.75. The van der Waals surface area contributed by atoms with E-state index in [4.69, 9.17) is 16.0 Å². The average Bonchev–Trinajstić information content (AvgIpc) is 2.01. The largest absolute Gasteiger partial charge is 0.329 e. The van der Waals surface area contributed by atoms with Gasteiger partial charge in [-0.05, 0) is 0 Å². The third-order valence-electron chi connectivity index (χ3n) is 1.45. The van der Waals surface area contributed by atoms with Crippen LogP contribution in [-0.2, 0) is 14.9 Å². The van der Waals surface area contributed by atoms with Gasteiger partial charge in [0.15, 0.2) is 11.0 Å². The van der Waals surface area contributed by atoms with Crippen molar-refractivity contribution in [2.45, 2.75) is 11.3 Å². The molecule has 0 rings (SSSR count). The standard InChI is InChI=1S/C5H12N2O4S2/c6-1-4(13(9,10)11)5(8)3(7)2-12/h3-4,12H,1-2,6-7H2,(H,9,10,11). The maximum absolute atomic E-state index is 11.2. The van der Waals surface area contributed by atoms with E-state index in [-0.39, 0.29) is 5.75 Å². The average molecular weight is 228 g/mol. The summed E-state index contributed by atoms with van der Waals surface area (Å²) in [7, 11) is -4.46. The van der Waals surface area contributed by atoms with E-state index in [1.807, 2.05) is 0 Å². The summed E-state index contributed by atoms with van der Waals surface area (Å²) in [5.41, 5.74) is 10.2. The molecule has 78 valence electrons. The molecule has 0 fully saturated rings. The summed E-state index contributed by atoms with van der Waals surface area (Å²) in [5, 5.41) is -1.64. The summed E-state index contributed by atoms with van der Waals surface area (Å²) in [6.07, 6.45) is 0. The van der Waals surface area contributed by atoms with Gasteiger partial charge in [-0.1, -0.05) is 0 Å². The normalized spacial score (nSPS) is 16.6. The van der Waals surface area contributed by atoms with Gasteiger partial charge in [0, 0.05) is 12.3 Å². The molecule has 0 aliphatic rings. The van der Waals surface area contributed by atoms with Crippen LogP contribution >= 0.6 is 12.6 Å². The molecule has 0 aliphatic carbocycles. The molecule has 8 heteroatoms. The van der Waals surface area contributed by atoms with Gasteiger partial charge in [0.25, 0.3) is 10.1 Å². The van der Waals surface area contributed by atoms with Gasteiger partial charge in [0.05, 0.1) is 6.04 Å². The molecule has 0 saturated carbocycles. The first-order valence-electron chi connectivity index (χ1n) is 3.41. The van der Waals surface area contributed by atoms with E-state index in [9.17, 15) is 13.2 Å². The van der Waals surface area contributed by atoms with Crippen molar-refractivity contribution in [1.82, 2.24) is 0 Å². The Morgan fingerprint density at radius 2 is 2.00 bits per heavy atom. The molecule has 6 nitrogen and oxygen atoms in total. The van der Waals surface area contributed by atoms with Gasteiger partial charge in [0.1, 0.15) is 0 Å². The third-order valence-corrected chi connectivity index (χ3v) is 2.99. The van der Waals surface area contributed by atoms with Crippen molar-refractivity contribution in [3.8, 4) is 0 Å². The minimum atomic E-state index is -4.46. The van der Waals surface area contributed by atoms with Crippen molar-refractivity contribution in [3.63, 3.8) is 0 Å². The molecule has 0 saturated heterocycles. The van der Waals surface area contributed by atoms with Crippen LogP contribution < -0.4 is 11.5 Å². The monoisotopic (exact) mass is 228 g/mol. The van der Waals surface area contributed by atoms with Gasteiger partial charge in [-0.3, -0.25) is 9.35 Å². The van der Waals surface area contributed by atoms with Crippen molar-refractivity contribution in [1.29, 1.82) is 0 Å². The van der Waals surface area contributed by atoms with Crippen LogP contribution in [0.1, 0.15) is 0 Å². The lowest BCUT2D eigenvalue weighted by Gasteiger charge is -2.13. The van der Waals surface area contributed by atoms with E-state index in [1.165, 1.54) is 0 Å². The second kappa shape index (κ2) is 4.91. The first-order chi connectivity index (χ1) is 5.84. The predicted octanol–water partition coefficient (Wildman–Crippen LogP) is -1.97. The molecular weight excluding hydrogens is 216 g/mol. The van der Waals surface area contributed by atoms with Crippen molar-refractivity contribution in [2.75, 3.05) is 12.3 Å². The first kappa shape index (κ1) is 12.8. The summed E-state index contributed by atoms with van der Waals surface area (Å²) in [4.78, 5) is 11.2. The first-order valence-corrected chi connectivity index (χ1v) is 5.54. The highest BCUT2D eigenvalue weighted by Gasteiger charge is 2.32. The molecule has 0 heterocycles. The molecule has 0 amide bonds. The van der Waals surface area contributed by atoms with Gasteiger partial charge < -0.3 is 11.5 Å². The number of nitrogens with two attached hydrogens (primary N) is 2. The highest BCUT2D eigenvalue weighted by atomic mass is 32.2. The fourth-order valence-corrected chi connectivity index (χ4v) is 1.60. The quantitative estimate of drug-likeness (QED) is 0.319. The predicted molar refractivity (Wildman–Crippen MR) is 51.2 cm³/mol. The number of thiol groups is 1. The van der Waals surface area contributed by atoms with Crippen LogP contribution in [0.3, 0.4) is 0 Å². The highest BCUT2D eigenvalue weighted by molar-refractivity contribution is 7.87. The van der Waals surface area contributed by atoms with E-state index >= 15 is 0 Å². The summed E-state index contributed by atoms with van der Waals surface area (Å²) >= 11 is 3.72. The molecule has 0 aromatic rings. The second-order valence-electron chi connectivity index (χ2n) is 2.43. The molecule has 0 radical (unpaired) electrons. The van der Waals surface area contributed by atoms with Crippen LogP contribution in [-0.4, -0.2) is 42.3 Å². The Balaban J connectivity index is 4.71. The lowest BCUT2D eigenvalue weighted by atomic mass is 10.1. The maximum Gasteiger partial charge on any atom is 0.276 e. The summed E-state index contributed by atoms with van der Waals surface area (Å²) in [6, 6.07) is -1.03. The van der Waals surface area contributed by atoms with E-state index in [2.05, 4.69) is 12.6 Å². The van der Waals surface area contributed by atoms with Gasteiger partial charge in [-0.25, -0.2) is 0 Å². The molecule has 0 aromatic carbocycles. The molecule has 0 bridgehead atoms. The van der Waals surface area contributed by atoms with Gasteiger partial charge in [-0.2, -0.15) is 21.0 Å². The number of hydrogen-bond acceptors (Lipinski definition) is 6. The minimum Gasteiger partial charge on any atom is -0.329 e. The van der Waals surface area contributed by atoms with Crippen LogP contribution in [0.5, 0.6) is 0 Å². The molecule has 0 spiro atoms. The Bertz CT molecular complexity index is 276. The molecule has 0 aliphatic heterocycles. The smallest absolute Gasteiger partial charge is 0.276 e. The van der Waals surface area contributed by atoms with E-state index in [1.54, 1.807) is 0 Å². The molecule has 2 unspecified atom stereocenters. The molecule has 13 heavy (non-hydrogen) atoms. The Morgan fingerprint density at radius 3 is 2.23 bits per heavy atom. The number of Topliss-reactive ketones (excluding diaryl/α,β-unsaturated/α-hetero) is 1. The summed E-state index contributed by atoms with van der Waals surface area (Å²) < 4.78 is 29.8. The van der Waals surface area contributed by atoms with Gasteiger partial charge >= 0.3 is 0 Å². The minimum absolute atomic E-state index is 0.00481. The molecule has 5 N–H and O–H groups in total. The van der Waals surface area contributed by atoms with Crippen LogP contribution in [0.4, 0.5) is 0 Å². The SMILES string of the molecule is NCC(C(=O)C(N)CS)S(=O)(=O)O. The number of carbonyl (C=O) groups excluding carboxylic acids is 1. The Kier molecular flexibility index (Phi) is 4.86. The van der Waals surface area contributed by atoms with Crippen LogP contribution in [0.25, 0.3) is 0 Å². The number of carbonyl (C=O) groups is 1. The molecule has 0 aromatic heterocycles. The van der Waals surface area contributed by atoms with E-state index in [0.29, 0.717) is 0 Å². The Morgan fingerprint density at radius 1 is 1.54 bits per heavy atom. The van der Waals surface area contributed by atoms with Crippen LogP contribution in [0.2, 0.25) is 0 Å². The summed E-state index contributed by atoms with van der Waals surface area (Å²) in [6.45, 7) is -0.487. The maximum atomic E-state index is 11.2. The Labute approximate surface area is 81.8 Å². The van der Waals surface area contributed by atoms with Gasteiger partial charge in [-0.15, -0.1) is 0 Å². The molecule has 2 atom stereocenters. The zero-order chi connectivity index (χ0) is 10.6. The Hall–Kier alpha value is -0.150. The lowest BCUT2D eigenvalue weighted by molar-refractivity contribution is -0.119. The number of hydrogen-bond donors (Lipinski definition) is 4. The number of rotatable bonds is 5. The molecular formula is C5H12N2O4S2.